The summed E-state index contributed by atoms with van der Waals surface area (Å²) in [7, 11) is 0. The highest BCUT2D eigenvalue weighted by molar-refractivity contribution is 5.82. The van der Waals surface area contributed by atoms with Crippen molar-refractivity contribution in [2.24, 2.45) is 11.3 Å². The van der Waals surface area contributed by atoms with Gasteiger partial charge in [0, 0.05) is 12.5 Å². The van der Waals surface area contributed by atoms with Crippen LogP contribution >= 0.6 is 0 Å². The molecule has 1 amide bonds. The number of carbonyl (C=O) groups excluding carboxylic acids is 1. The molecule has 4 nitrogen and oxygen atoms in total. The molecule has 2 aromatic rings. The number of hydrogen-bond acceptors (Lipinski definition) is 3. The van der Waals surface area contributed by atoms with Crippen LogP contribution in [0.15, 0.2) is 42.5 Å². The first-order valence-corrected chi connectivity index (χ1v) is 9.27. The summed E-state index contributed by atoms with van der Waals surface area (Å²) < 4.78 is 33.2. The van der Waals surface area contributed by atoms with E-state index < -0.39 is 11.6 Å². The van der Waals surface area contributed by atoms with Crippen LogP contribution in [0.3, 0.4) is 0 Å². The lowest BCUT2D eigenvalue weighted by Crippen LogP contribution is -2.33. The topological polar surface area (TPSA) is 50.4 Å². The van der Waals surface area contributed by atoms with E-state index in [1.807, 2.05) is 0 Å². The maximum atomic E-state index is 14.3. The molecule has 1 aliphatic carbocycles. The van der Waals surface area contributed by atoms with E-state index in [0.717, 1.165) is 32.4 Å². The van der Waals surface area contributed by atoms with Gasteiger partial charge in [0.1, 0.15) is 0 Å². The molecule has 1 saturated carbocycles. The standard InChI is InChI=1S/C21H22F2N2O2/c22-16-3-1-2-4-18(16)27-19-6-5-14(11-17(19)23)13-25-20(26)15-12-21(15)7-9-24-10-8-21/h1-6,11,15,24H,7-10,12-13H2,(H,25,26). The van der Waals surface area contributed by atoms with Gasteiger partial charge in [0.25, 0.3) is 0 Å². The molecule has 27 heavy (non-hydrogen) atoms. The van der Waals surface area contributed by atoms with Gasteiger partial charge >= 0.3 is 0 Å². The van der Waals surface area contributed by atoms with Gasteiger partial charge in [-0.25, -0.2) is 8.78 Å². The first kappa shape index (κ1) is 17.9. The number of nitrogens with one attached hydrogen (secondary N) is 2. The minimum absolute atomic E-state index is 0.0292. The Morgan fingerprint density at radius 1 is 1.11 bits per heavy atom. The van der Waals surface area contributed by atoms with Crippen LogP contribution < -0.4 is 15.4 Å². The van der Waals surface area contributed by atoms with E-state index in [1.165, 1.54) is 30.3 Å². The summed E-state index contributed by atoms with van der Waals surface area (Å²) in [4.78, 5) is 12.4. The molecule has 1 heterocycles. The van der Waals surface area contributed by atoms with Gasteiger partial charge in [-0.1, -0.05) is 18.2 Å². The fourth-order valence-electron chi connectivity index (χ4n) is 3.89. The maximum absolute atomic E-state index is 14.3. The van der Waals surface area contributed by atoms with Gasteiger partial charge in [-0.15, -0.1) is 0 Å². The highest BCUT2D eigenvalue weighted by atomic mass is 19.1. The van der Waals surface area contributed by atoms with Crippen LogP contribution in [0.5, 0.6) is 11.5 Å². The Hall–Kier alpha value is -2.47. The van der Waals surface area contributed by atoms with Crippen molar-refractivity contribution in [3.63, 3.8) is 0 Å². The fraction of sp³-hybridized carbons (Fsp3) is 0.381. The number of benzene rings is 2. The quantitative estimate of drug-likeness (QED) is 0.840. The predicted molar refractivity (Wildman–Crippen MR) is 97.4 cm³/mol. The zero-order valence-corrected chi connectivity index (χ0v) is 14.9. The number of hydrogen-bond donors (Lipinski definition) is 2. The predicted octanol–water partition coefficient (Wildman–Crippen LogP) is 3.76. The third kappa shape index (κ3) is 3.81. The number of para-hydroxylation sites is 1. The average molecular weight is 372 g/mol. The zero-order valence-electron chi connectivity index (χ0n) is 14.9. The lowest BCUT2D eigenvalue weighted by Gasteiger charge is -2.23. The molecule has 0 bridgehead atoms. The second-order valence-electron chi connectivity index (χ2n) is 7.38. The lowest BCUT2D eigenvalue weighted by atomic mass is 9.92. The van der Waals surface area contributed by atoms with E-state index in [1.54, 1.807) is 12.1 Å². The average Bonchev–Trinajstić information content (AvgIpc) is 3.37. The summed E-state index contributed by atoms with van der Waals surface area (Å²) in [6, 6.07) is 10.3. The van der Waals surface area contributed by atoms with Gasteiger partial charge in [-0.05, 0) is 67.6 Å². The Balaban J connectivity index is 1.34. The minimum Gasteiger partial charge on any atom is -0.451 e. The summed E-state index contributed by atoms with van der Waals surface area (Å²) in [6.07, 6.45) is 3.04. The summed E-state index contributed by atoms with van der Waals surface area (Å²) in [6.45, 7) is 2.21. The Kier molecular flexibility index (Phi) is 4.83. The highest BCUT2D eigenvalue weighted by Crippen LogP contribution is 2.58. The molecule has 2 N–H and O–H groups in total. The normalized spacial score (nSPS) is 20.3. The Bertz CT molecular complexity index is 850. The third-order valence-corrected chi connectivity index (χ3v) is 5.63. The van der Waals surface area contributed by atoms with Gasteiger partial charge in [0.2, 0.25) is 5.91 Å². The molecule has 1 aliphatic heterocycles. The van der Waals surface area contributed by atoms with Crippen molar-refractivity contribution in [1.82, 2.24) is 10.6 Å². The van der Waals surface area contributed by atoms with Gasteiger partial charge < -0.3 is 15.4 Å². The molecule has 4 rings (SSSR count). The van der Waals surface area contributed by atoms with Crippen LogP contribution in [0.2, 0.25) is 0 Å². The van der Waals surface area contributed by atoms with E-state index >= 15 is 0 Å². The molecule has 142 valence electrons. The number of piperidine rings is 1. The van der Waals surface area contributed by atoms with Crippen LogP contribution in [0.25, 0.3) is 0 Å². The van der Waals surface area contributed by atoms with Gasteiger partial charge in [-0.2, -0.15) is 0 Å². The number of amides is 1. The lowest BCUT2D eigenvalue weighted by molar-refractivity contribution is -0.123. The second kappa shape index (κ2) is 7.27. The minimum atomic E-state index is -0.591. The van der Waals surface area contributed by atoms with Crippen molar-refractivity contribution in [1.29, 1.82) is 0 Å². The van der Waals surface area contributed by atoms with E-state index in [9.17, 15) is 13.6 Å². The van der Waals surface area contributed by atoms with E-state index in [2.05, 4.69) is 10.6 Å². The van der Waals surface area contributed by atoms with Gasteiger partial charge in [-0.3, -0.25) is 4.79 Å². The van der Waals surface area contributed by atoms with Gasteiger partial charge in [0.15, 0.2) is 23.1 Å². The molecule has 6 heteroatoms. The van der Waals surface area contributed by atoms with E-state index in [4.69, 9.17) is 4.74 Å². The number of rotatable bonds is 5. The molecule has 1 unspecified atom stereocenters. The Morgan fingerprint density at radius 2 is 1.85 bits per heavy atom. The monoisotopic (exact) mass is 372 g/mol. The van der Waals surface area contributed by atoms with Crippen molar-refractivity contribution in [2.75, 3.05) is 13.1 Å². The fourth-order valence-corrected chi connectivity index (χ4v) is 3.89. The molecule has 2 aliphatic rings. The number of ether oxygens (including phenoxy) is 1. The largest absolute Gasteiger partial charge is 0.451 e. The molecule has 2 fully saturated rings. The molecule has 1 spiro atoms. The van der Waals surface area contributed by atoms with E-state index in [0.29, 0.717) is 5.56 Å². The van der Waals surface area contributed by atoms with Crippen molar-refractivity contribution < 1.29 is 18.3 Å². The highest BCUT2D eigenvalue weighted by Gasteiger charge is 2.57. The van der Waals surface area contributed by atoms with Crippen LogP contribution in [-0.4, -0.2) is 19.0 Å². The summed E-state index contributed by atoms with van der Waals surface area (Å²) in [5.41, 5.74) is 0.819. The number of carbonyl (C=O) groups is 1. The van der Waals surface area contributed by atoms with E-state index in [-0.39, 0.29) is 35.3 Å². The first-order chi connectivity index (χ1) is 13.1. The second-order valence-corrected chi connectivity index (χ2v) is 7.38. The molecule has 0 radical (unpaired) electrons. The van der Waals surface area contributed by atoms with Crippen LogP contribution in [-0.2, 0) is 11.3 Å². The SMILES string of the molecule is O=C(NCc1ccc(Oc2ccccc2F)c(F)c1)C1CC12CCNCC2. The molecule has 2 aromatic carbocycles. The van der Waals surface area contributed by atoms with Crippen LogP contribution in [0, 0.1) is 23.0 Å². The van der Waals surface area contributed by atoms with Crippen LogP contribution in [0.1, 0.15) is 24.8 Å². The molecule has 1 saturated heterocycles. The summed E-state index contributed by atoms with van der Waals surface area (Å²) in [5.74, 6) is -1.10. The van der Waals surface area contributed by atoms with Crippen molar-refractivity contribution in [2.45, 2.75) is 25.8 Å². The first-order valence-electron chi connectivity index (χ1n) is 9.27. The smallest absolute Gasteiger partial charge is 0.223 e. The summed E-state index contributed by atoms with van der Waals surface area (Å²) in [5, 5.41) is 6.23. The molecular weight excluding hydrogens is 350 g/mol. The van der Waals surface area contributed by atoms with Crippen molar-refractivity contribution >= 4 is 5.91 Å². The Labute approximate surface area is 156 Å². The van der Waals surface area contributed by atoms with Crippen molar-refractivity contribution in [3.05, 3.63) is 59.7 Å². The zero-order chi connectivity index (χ0) is 18.9. The molecule has 1 atom stereocenters. The van der Waals surface area contributed by atoms with Crippen LogP contribution in [0.4, 0.5) is 8.78 Å². The van der Waals surface area contributed by atoms with Gasteiger partial charge in [0.05, 0.1) is 0 Å². The molecule has 0 aromatic heterocycles. The van der Waals surface area contributed by atoms with Crippen molar-refractivity contribution in [3.8, 4) is 11.5 Å². The third-order valence-electron chi connectivity index (χ3n) is 5.63. The Morgan fingerprint density at radius 3 is 2.59 bits per heavy atom. The molecular formula is C21H22F2N2O2. The summed E-state index contributed by atoms with van der Waals surface area (Å²) >= 11 is 0. The number of halogens is 2. The maximum Gasteiger partial charge on any atom is 0.223 e.